The number of rotatable bonds is 7. The number of pyridine rings is 1. The number of aromatic nitrogens is 1. The van der Waals surface area contributed by atoms with E-state index in [9.17, 15) is 9.90 Å². The minimum absolute atomic E-state index is 0.0520. The monoisotopic (exact) mass is 236 g/mol. The first-order valence-electron chi connectivity index (χ1n) is 5.95. The van der Waals surface area contributed by atoms with Gasteiger partial charge in [-0.15, -0.1) is 0 Å². The molecule has 94 valence electrons. The molecule has 0 unspecified atom stereocenters. The summed E-state index contributed by atoms with van der Waals surface area (Å²) in [6.45, 7) is 1.94. The summed E-state index contributed by atoms with van der Waals surface area (Å²) in [5.41, 5.74) is 6.29. The summed E-state index contributed by atoms with van der Waals surface area (Å²) in [6, 6.07) is 3.98. The van der Waals surface area contributed by atoms with Gasteiger partial charge >= 0.3 is 0 Å². The second-order valence-corrected chi connectivity index (χ2v) is 4.46. The number of aliphatic hydroxyl groups is 1. The van der Waals surface area contributed by atoms with Crippen LogP contribution in [0.25, 0.3) is 0 Å². The van der Waals surface area contributed by atoms with Gasteiger partial charge in [0.2, 0.25) is 5.91 Å². The summed E-state index contributed by atoms with van der Waals surface area (Å²) >= 11 is 0. The molecule has 1 amide bonds. The summed E-state index contributed by atoms with van der Waals surface area (Å²) in [7, 11) is 0. The van der Waals surface area contributed by atoms with Gasteiger partial charge in [-0.2, -0.15) is 0 Å². The predicted octanol–water partition coefficient (Wildman–Crippen LogP) is 1.28. The molecule has 1 heterocycles. The lowest BCUT2D eigenvalue weighted by atomic mass is 9.94. The van der Waals surface area contributed by atoms with Crippen LogP contribution in [0.5, 0.6) is 0 Å². The van der Waals surface area contributed by atoms with Crippen LogP contribution in [-0.2, 0) is 11.2 Å². The molecule has 4 heteroatoms. The van der Waals surface area contributed by atoms with E-state index in [4.69, 9.17) is 5.73 Å². The predicted molar refractivity (Wildman–Crippen MR) is 66.2 cm³/mol. The summed E-state index contributed by atoms with van der Waals surface area (Å²) in [5.74, 6) is -0.345. The van der Waals surface area contributed by atoms with Crippen molar-refractivity contribution in [2.75, 3.05) is 0 Å². The molecule has 0 radical (unpaired) electrons. The Kier molecular flexibility index (Phi) is 5.63. The van der Waals surface area contributed by atoms with Crippen LogP contribution in [0.15, 0.2) is 24.5 Å². The Balaban J connectivity index is 2.24. The van der Waals surface area contributed by atoms with Crippen LogP contribution in [0.1, 0.15) is 31.7 Å². The SMILES string of the molecule is C[C@H](CCCc1ccncc1)[C@@H](O)CC(N)=O. The third-order valence-electron chi connectivity index (χ3n) is 2.94. The number of carbonyl (C=O) groups excluding carboxylic acids is 1. The van der Waals surface area contributed by atoms with Gasteiger partial charge < -0.3 is 10.8 Å². The maximum absolute atomic E-state index is 10.7. The van der Waals surface area contributed by atoms with Gasteiger partial charge in [0.1, 0.15) is 0 Å². The van der Waals surface area contributed by atoms with E-state index in [2.05, 4.69) is 4.98 Å². The molecule has 0 spiro atoms. The molecule has 0 aliphatic carbocycles. The van der Waals surface area contributed by atoms with E-state index in [0.29, 0.717) is 0 Å². The molecule has 0 aliphatic heterocycles. The number of amides is 1. The van der Waals surface area contributed by atoms with Crippen molar-refractivity contribution in [2.24, 2.45) is 11.7 Å². The van der Waals surface area contributed by atoms with Crippen molar-refractivity contribution in [3.8, 4) is 0 Å². The first kappa shape index (κ1) is 13.6. The first-order chi connectivity index (χ1) is 8.09. The van der Waals surface area contributed by atoms with E-state index in [-0.39, 0.29) is 12.3 Å². The first-order valence-corrected chi connectivity index (χ1v) is 5.95. The zero-order valence-corrected chi connectivity index (χ0v) is 10.2. The van der Waals surface area contributed by atoms with Crippen molar-refractivity contribution < 1.29 is 9.90 Å². The van der Waals surface area contributed by atoms with Crippen molar-refractivity contribution >= 4 is 5.91 Å². The van der Waals surface area contributed by atoms with Crippen molar-refractivity contribution in [3.63, 3.8) is 0 Å². The highest BCUT2D eigenvalue weighted by Crippen LogP contribution is 2.15. The molecule has 4 nitrogen and oxygen atoms in total. The van der Waals surface area contributed by atoms with Gasteiger partial charge in [-0.3, -0.25) is 9.78 Å². The van der Waals surface area contributed by atoms with Crippen LogP contribution in [0, 0.1) is 5.92 Å². The molecule has 0 aromatic carbocycles. The highest BCUT2D eigenvalue weighted by Gasteiger charge is 2.15. The molecule has 2 atom stereocenters. The molecule has 1 rings (SSSR count). The minimum atomic E-state index is -0.620. The Morgan fingerprint density at radius 1 is 1.47 bits per heavy atom. The Labute approximate surface area is 102 Å². The average molecular weight is 236 g/mol. The van der Waals surface area contributed by atoms with Gasteiger partial charge in [-0.05, 0) is 42.9 Å². The van der Waals surface area contributed by atoms with Crippen molar-refractivity contribution in [1.29, 1.82) is 0 Å². The van der Waals surface area contributed by atoms with Gasteiger partial charge in [-0.1, -0.05) is 6.92 Å². The van der Waals surface area contributed by atoms with E-state index in [1.807, 2.05) is 19.1 Å². The lowest BCUT2D eigenvalue weighted by molar-refractivity contribution is -0.120. The normalized spacial score (nSPS) is 14.2. The fourth-order valence-corrected chi connectivity index (χ4v) is 1.78. The highest BCUT2D eigenvalue weighted by atomic mass is 16.3. The minimum Gasteiger partial charge on any atom is -0.392 e. The van der Waals surface area contributed by atoms with Crippen molar-refractivity contribution in [3.05, 3.63) is 30.1 Å². The second kappa shape index (κ2) is 7.01. The smallest absolute Gasteiger partial charge is 0.220 e. The zero-order chi connectivity index (χ0) is 12.7. The van der Waals surface area contributed by atoms with Gasteiger partial charge in [0.25, 0.3) is 0 Å². The van der Waals surface area contributed by atoms with Crippen LogP contribution in [0.2, 0.25) is 0 Å². The number of nitrogens with zero attached hydrogens (tertiary/aromatic N) is 1. The Bertz CT molecular complexity index is 341. The van der Waals surface area contributed by atoms with Gasteiger partial charge in [0, 0.05) is 12.4 Å². The van der Waals surface area contributed by atoms with E-state index in [1.165, 1.54) is 5.56 Å². The van der Waals surface area contributed by atoms with E-state index in [1.54, 1.807) is 12.4 Å². The maximum atomic E-state index is 10.7. The van der Waals surface area contributed by atoms with Crippen LogP contribution in [0.3, 0.4) is 0 Å². The summed E-state index contributed by atoms with van der Waals surface area (Å²) in [5, 5.41) is 9.67. The van der Waals surface area contributed by atoms with Crippen molar-refractivity contribution in [1.82, 2.24) is 4.98 Å². The fourth-order valence-electron chi connectivity index (χ4n) is 1.78. The molecule has 1 aromatic rings. The Morgan fingerprint density at radius 2 is 2.12 bits per heavy atom. The largest absolute Gasteiger partial charge is 0.392 e. The Hall–Kier alpha value is -1.42. The van der Waals surface area contributed by atoms with Crippen LogP contribution >= 0.6 is 0 Å². The molecule has 1 aromatic heterocycles. The number of hydrogen-bond donors (Lipinski definition) is 2. The van der Waals surface area contributed by atoms with Gasteiger partial charge in [0.15, 0.2) is 0 Å². The number of aryl methyl sites for hydroxylation is 1. The molecule has 3 N–H and O–H groups in total. The summed E-state index contributed by atoms with van der Waals surface area (Å²) in [6.07, 6.45) is 5.83. The van der Waals surface area contributed by atoms with Gasteiger partial charge in [0.05, 0.1) is 12.5 Å². The average Bonchev–Trinajstić information content (AvgIpc) is 2.29. The standard InChI is InChI=1S/C13H20N2O2/c1-10(12(16)9-13(14)17)3-2-4-11-5-7-15-8-6-11/h5-8,10,12,16H,2-4,9H2,1H3,(H2,14,17)/t10-,12+/m1/s1. The van der Waals surface area contributed by atoms with Crippen LogP contribution < -0.4 is 5.73 Å². The summed E-state index contributed by atoms with van der Waals surface area (Å²) < 4.78 is 0. The quantitative estimate of drug-likeness (QED) is 0.748. The third-order valence-corrected chi connectivity index (χ3v) is 2.94. The number of hydrogen-bond acceptors (Lipinski definition) is 3. The maximum Gasteiger partial charge on any atom is 0.220 e. The van der Waals surface area contributed by atoms with E-state index >= 15 is 0 Å². The number of carbonyl (C=O) groups is 1. The molecule has 0 saturated carbocycles. The van der Waals surface area contributed by atoms with E-state index < -0.39 is 12.0 Å². The molecule has 0 bridgehead atoms. The topological polar surface area (TPSA) is 76.2 Å². The Morgan fingerprint density at radius 3 is 2.71 bits per heavy atom. The van der Waals surface area contributed by atoms with Crippen LogP contribution in [0.4, 0.5) is 0 Å². The lowest BCUT2D eigenvalue weighted by Crippen LogP contribution is -2.25. The van der Waals surface area contributed by atoms with Crippen LogP contribution in [-0.4, -0.2) is 22.1 Å². The van der Waals surface area contributed by atoms with Gasteiger partial charge in [-0.25, -0.2) is 0 Å². The molecule has 0 aliphatic rings. The fraction of sp³-hybridized carbons (Fsp3) is 0.538. The molecule has 0 saturated heterocycles. The number of aliphatic hydroxyl groups excluding tert-OH is 1. The molecular formula is C13H20N2O2. The number of primary amides is 1. The molecular weight excluding hydrogens is 216 g/mol. The molecule has 17 heavy (non-hydrogen) atoms. The lowest BCUT2D eigenvalue weighted by Gasteiger charge is -2.17. The van der Waals surface area contributed by atoms with Crippen molar-refractivity contribution in [2.45, 2.75) is 38.7 Å². The third kappa shape index (κ3) is 5.45. The molecule has 0 fully saturated rings. The zero-order valence-electron chi connectivity index (χ0n) is 10.2. The number of nitrogens with two attached hydrogens (primary N) is 1. The second-order valence-electron chi connectivity index (χ2n) is 4.46. The van der Waals surface area contributed by atoms with E-state index in [0.717, 1.165) is 19.3 Å². The highest BCUT2D eigenvalue weighted by molar-refractivity contribution is 5.74. The summed E-state index contributed by atoms with van der Waals surface area (Å²) in [4.78, 5) is 14.6.